The number of ether oxygens (including phenoxy) is 1. The van der Waals surface area contributed by atoms with Crippen LogP contribution in [-0.2, 0) is 14.4 Å². The van der Waals surface area contributed by atoms with Gasteiger partial charge in [0.05, 0.1) is 35.8 Å². The topological polar surface area (TPSA) is 90.4 Å². The molecule has 4 aliphatic rings. The second-order valence-electron chi connectivity index (χ2n) is 11.5. The summed E-state index contributed by atoms with van der Waals surface area (Å²) in [5, 5.41) is 10.3. The molecule has 9 heteroatoms. The van der Waals surface area contributed by atoms with Crippen molar-refractivity contribution in [3.63, 3.8) is 0 Å². The van der Waals surface area contributed by atoms with Crippen LogP contribution in [0.2, 0.25) is 0 Å². The summed E-state index contributed by atoms with van der Waals surface area (Å²) in [6, 6.07) is 6.12. The van der Waals surface area contributed by atoms with Crippen LogP contribution >= 0.6 is 11.8 Å². The first-order valence-electron chi connectivity index (χ1n) is 14.5. The summed E-state index contributed by atoms with van der Waals surface area (Å²) >= 11 is 1.57. The number of benzene rings is 1. The van der Waals surface area contributed by atoms with E-state index < -0.39 is 28.7 Å². The molecule has 0 saturated carbocycles. The molecular weight excluding hydrogens is 526 g/mol. The fourth-order valence-corrected chi connectivity index (χ4v) is 8.84. The number of nitrogens with zero attached hydrogens (tertiary/aromatic N) is 3. The van der Waals surface area contributed by atoms with Gasteiger partial charge in [-0.25, -0.2) is 0 Å². The quantitative estimate of drug-likeness (QED) is 0.484. The molecule has 1 aromatic carbocycles. The Morgan fingerprint density at radius 3 is 2.38 bits per heavy atom. The number of fused-ring (bicyclic) bond motifs is 2. The molecule has 3 amide bonds. The summed E-state index contributed by atoms with van der Waals surface area (Å²) in [7, 11) is 0. The Hall–Kier alpha value is -2.78. The highest BCUT2D eigenvalue weighted by Crippen LogP contribution is 2.61. The molecule has 4 heterocycles. The van der Waals surface area contributed by atoms with E-state index in [-0.39, 0.29) is 41.5 Å². The fourth-order valence-electron chi connectivity index (χ4n) is 6.85. The molecule has 0 bridgehead atoms. The number of thioether (sulfide) groups is 1. The number of carbonyl (C=O) groups is 3. The highest BCUT2D eigenvalue weighted by molar-refractivity contribution is 8.02. The standard InChI is InChI=1S/C31H41N3O5S/c1-6-20(5)23(18-35)34-27-30(38)32(19(3)4)17-9-15-31(27)26(29(34)37)25-24(40-31)10-8-16-33(28(25)36)21-11-13-22(14-12-21)39-7-2/h8-15,19-20,23-27,35H,6-7,16-18H2,1-5H3/t20-,23-,24-,25+,26-,27?,31-/m0/s1. The molecule has 1 aromatic rings. The average Bonchev–Trinajstić information content (AvgIpc) is 3.25. The summed E-state index contributed by atoms with van der Waals surface area (Å²) in [4.78, 5) is 48.4. The number of amides is 3. The van der Waals surface area contributed by atoms with Gasteiger partial charge in [-0.1, -0.05) is 44.6 Å². The largest absolute Gasteiger partial charge is 0.494 e. The maximum Gasteiger partial charge on any atom is 0.247 e. The normalized spacial score (nSPS) is 31.2. The van der Waals surface area contributed by atoms with E-state index in [9.17, 15) is 19.5 Å². The number of likely N-dealkylation sites (tertiary alicyclic amines) is 1. The first kappa shape index (κ1) is 28.7. The van der Waals surface area contributed by atoms with Crippen LogP contribution < -0.4 is 9.64 Å². The average molecular weight is 568 g/mol. The van der Waals surface area contributed by atoms with Crippen molar-refractivity contribution in [2.45, 2.75) is 69.2 Å². The van der Waals surface area contributed by atoms with E-state index in [0.717, 1.165) is 17.9 Å². The zero-order valence-corrected chi connectivity index (χ0v) is 24.8. The van der Waals surface area contributed by atoms with Gasteiger partial charge in [-0.15, -0.1) is 11.8 Å². The second kappa shape index (κ2) is 11.2. The Bertz CT molecular complexity index is 1200. The van der Waals surface area contributed by atoms with Crippen LogP contribution in [0, 0.1) is 17.8 Å². The van der Waals surface area contributed by atoms with Crippen LogP contribution in [0.3, 0.4) is 0 Å². The zero-order chi connectivity index (χ0) is 28.8. The first-order valence-corrected chi connectivity index (χ1v) is 15.4. The Kier molecular flexibility index (Phi) is 8.08. The van der Waals surface area contributed by atoms with Crippen molar-refractivity contribution in [2.24, 2.45) is 17.8 Å². The van der Waals surface area contributed by atoms with Crippen LogP contribution in [0.4, 0.5) is 5.69 Å². The van der Waals surface area contributed by atoms with Gasteiger partial charge in [0.25, 0.3) is 0 Å². The lowest BCUT2D eigenvalue weighted by Gasteiger charge is -2.41. The maximum atomic E-state index is 14.6. The molecule has 4 aliphatic heterocycles. The Balaban J connectivity index is 1.60. The monoisotopic (exact) mass is 567 g/mol. The van der Waals surface area contributed by atoms with E-state index in [0.29, 0.717) is 19.7 Å². The van der Waals surface area contributed by atoms with Crippen molar-refractivity contribution >= 4 is 35.2 Å². The molecule has 216 valence electrons. The molecule has 1 spiro atoms. The number of aliphatic hydroxyl groups is 1. The molecule has 0 aliphatic carbocycles. The summed E-state index contributed by atoms with van der Waals surface area (Å²) in [5.74, 6) is -1.04. The van der Waals surface area contributed by atoms with E-state index in [1.54, 1.807) is 21.6 Å². The zero-order valence-electron chi connectivity index (χ0n) is 24.0. The van der Waals surface area contributed by atoms with Gasteiger partial charge in [0.15, 0.2) is 0 Å². The molecule has 7 atom stereocenters. The Morgan fingerprint density at radius 1 is 1.02 bits per heavy atom. The molecule has 8 nitrogen and oxygen atoms in total. The van der Waals surface area contributed by atoms with Crippen molar-refractivity contribution in [1.29, 1.82) is 0 Å². The van der Waals surface area contributed by atoms with Crippen LogP contribution in [0.1, 0.15) is 41.0 Å². The summed E-state index contributed by atoms with van der Waals surface area (Å²) in [6.45, 7) is 11.1. The van der Waals surface area contributed by atoms with Crippen molar-refractivity contribution < 1.29 is 24.2 Å². The number of anilines is 1. The van der Waals surface area contributed by atoms with Crippen LogP contribution in [-0.4, -0.2) is 87.1 Å². The van der Waals surface area contributed by atoms with Crippen LogP contribution in [0.15, 0.2) is 48.6 Å². The molecule has 2 saturated heterocycles. The molecule has 0 radical (unpaired) electrons. The number of hydrogen-bond donors (Lipinski definition) is 1. The smallest absolute Gasteiger partial charge is 0.247 e. The molecule has 1 N–H and O–H groups in total. The van der Waals surface area contributed by atoms with Gasteiger partial charge in [-0.05, 0) is 51.0 Å². The van der Waals surface area contributed by atoms with E-state index in [4.69, 9.17) is 4.74 Å². The third-order valence-electron chi connectivity index (χ3n) is 9.06. The summed E-state index contributed by atoms with van der Waals surface area (Å²) in [6.07, 6.45) is 8.83. The van der Waals surface area contributed by atoms with Gasteiger partial charge >= 0.3 is 0 Å². The third-order valence-corrected chi connectivity index (χ3v) is 10.8. The van der Waals surface area contributed by atoms with Crippen molar-refractivity contribution in [3.8, 4) is 5.75 Å². The van der Waals surface area contributed by atoms with Crippen LogP contribution in [0.25, 0.3) is 0 Å². The van der Waals surface area contributed by atoms with E-state index in [2.05, 4.69) is 0 Å². The summed E-state index contributed by atoms with van der Waals surface area (Å²) < 4.78 is 4.69. The molecule has 1 unspecified atom stereocenters. The lowest BCUT2D eigenvalue weighted by Crippen LogP contribution is -2.58. The van der Waals surface area contributed by atoms with E-state index in [1.165, 1.54) is 0 Å². The minimum absolute atomic E-state index is 0.0109. The minimum atomic E-state index is -0.893. The third kappa shape index (κ3) is 4.45. The lowest BCUT2D eigenvalue weighted by atomic mass is 9.78. The van der Waals surface area contributed by atoms with Crippen molar-refractivity contribution in [2.75, 3.05) is 31.2 Å². The number of rotatable bonds is 8. The molecule has 5 rings (SSSR count). The molecule has 2 fully saturated rings. The Labute approximate surface area is 241 Å². The summed E-state index contributed by atoms with van der Waals surface area (Å²) in [5.41, 5.74) is 0.745. The Morgan fingerprint density at radius 2 is 1.75 bits per heavy atom. The van der Waals surface area contributed by atoms with Crippen LogP contribution in [0.5, 0.6) is 5.75 Å². The second-order valence-corrected chi connectivity index (χ2v) is 13.0. The van der Waals surface area contributed by atoms with Crippen molar-refractivity contribution in [3.05, 3.63) is 48.6 Å². The predicted octanol–water partition coefficient (Wildman–Crippen LogP) is 3.50. The van der Waals surface area contributed by atoms with Gasteiger partial charge in [-0.3, -0.25) is 14.4 Å². The highest BCUT2D eigenvalue weighted by Gasteiger charge is 2.72. The fraction of sp³-hybridized carbons (Fsp3) is 0.581. The van der Waals surface area contributed by atoms with Gasteiger partial charge in [-0.2, -0.15) is 0 Å². The number of carbonyl (C=O) groups excluding carboxylic acids is 3. The first-order chi connectivity index (χ1) is 19.2. The van der Waals surface area contributed by atoms with Crippen molar-refractivity contribution in [1.82, 2.24) is 9.80 Å². The lowest BCUT2D eigenvalue weighted by molar-refractivity contribution is -0.147. The molecular formula is C31H41N3O5S. The van der Waals surface area contributed by atoms with E-state index in [1.807, 2.05) is 88.1 Å². The predicted molar refractivity (Wildman–Crippen MR) is 157 cm³/mol. The SMILES string of the molecule is CCOc1ccc(N2CC=C[C@@H]3S[C@]45C=CCN(C(C)C)C(=O)C4N([C@@H](CO)[C@@H](C)CC)C(=O)[C@@H]5[C@@H]3C2=O)cc1. The molecule has 40 heavy (non-hydrogen) atoms. The molecule has 0 aromatic heterocycles. The minimum Gasteiger partial charge on any atom is -0.494 e. The van der Waals surface area contributed by atoms with Gasteiger partial charge in [0.1, 0.15) is 11.8 Å². The van der Waals surface area contributed by atoms with Gasteiger partial charge in [0, 0.05) is 30.1 Å². The maximum absolute atomic E-state index is 14.6. The van der Waals surface area contributed by atoms with Gasteiger partial charge in [0.2, 0.25) is 17.7 Å². The van der Waals surface area contributed by atoms with Gasteiger partial charge < -0.3 is 24.5 Å². The highest BCUT2D eigenvalue weighted by atomic mass is 32.2. The van der Waals surface area contributed by atoms with E-state index >= 15 is 0 Å². The number of hydrogen-bond acceptors (Lipinski definition) is 6. The number of aliphatic hydroxyl groups excluding tert-OH is 1.